The van der Waals surface area contributed by atoms with Gasteiger partial charge in [0.15, 0.2) is 0 Å². The number of likely N-dealkylation sites (tertiary alicyclic amines) is 1. The monoisotopic (exact) mass is 224 g/mol. The molecular weight excluding hydrogens is 196 g/mol. The molecule has 1 heterocycles. The number of rotatable bonds is 5. The molecule has 2 nitrogen and oxygen atoms in total. The second-order valence-electron chi connectivity index (χ2n) is 5.84. The first-order valence-corrected chi connectivity index (χ1v) is 7.21. The largest absolute Gasteiger partial charge is 0.312 e. The van der Waals surface area contributed by atoms with Gasteiger partial charge in [-0.3, -0.25) is 4.90 Å². The van der Waals surface area contributed by atoms with Crippen molar-refractivity contribution in [3.8, 4) is 0 Å². The van der Waals surface area contributed by atoms with Crippen LogP contribution in [0, 0.1) is 5.92 Å². The van der Waals surface area contributed by atoms with Crippen molar-refractivity contribution >= 4 is 0 Å². The van der Waals surface area contributed by atoms with Crippen LogP contribution in [0.5, 0.6) is 0 Å². The normalized spacial score (nSPS) is 33.9. The Balaban J connectivity index is 1.84. The van der Waals surface area contributed by atoms with Crippen LogP contribution in [0.4, 0.5) is 0 Å². The van der Waals surface area contributed by atoms with Crippen LogP contribution in [-0.2, 0) is 0 Å². The van der Waals surface area contributed by atoms with E-state index in [-0.39, 0.29) is 0 Å². The molecule has 1 aliphatic heterocycles. The zero-order valence-electron chi connectivity index (χ0n) is 11.2. The highest BCUT2D eigenvalue weighted by molar-refractivity contribution is 4.87. The molecule has 2 aliphatic rings. The highest BCUT2D eigenvalue weighted by Gasteiger charge is 2.30. The predicted octanol–water partition coefficient (Wildman–Crippen LogP) is 2.64. The predicted molar refractivity (Wildman–Crippen MR) is 69.7 cm³/mol. The average molecular weight is 224 g/mol. The van der Waals surface area contributed by atoms with Gasteiger partial charge in [0.25, 0.3) is 0 Å². The van der Waals surface area contributed by atoms with Crippen LogP contribution in [0.25, 0.3) is 0 Å². The van der Waals surface area contributed by atoms with Gasteiger partial charge in [0.05, 0.1) is 0 Å². The Morgan fingerprint density at radius 3 is 2.62 bits per heavy atom. The second kappa shape index (κ2) is 5.50. The average Bonchev–Trinajstić information content (AvgIpc) is 3.08. The summed E-state index contributed by atoms with van der Waals surface area (Å²) in [4.78, 5) is 2.75. The number of nitrogens with one attached hydrogen (secondary N) is 1. The molecule has 0 amide bonds. The summed E-state index contributed by atoms with van der Waals surface area (Å²) in [5.41, 5.74) is 0. The molecule has 0 aromatic rings. The molecule has 2 rings (SSSR count). The fourth-order valence-corrected chi connectivity index (χ4v) is 2.97. The Hall–Kier alpha value is -0.0800. The molecule has 0 radical (unpaired) electrons. The number of hydrogen-bond acceptors (Lipinski definition) is 2. The van der Waals surface area contributed by atoms with Crippen LogP contribution in [0.3, 0.4) is 0 Å². The molecule has 16 heavy (non-hydrogen) atoms. The topological polar surface area (TPSA) is 15.3 Å². The van der Waals surface area contributed by atoms with Gasteiger partial charge in [0.1, 0.15) is 0 Å². The molecule has 0 aromatic heterocycles. The second-order valence-corrected chi connectivity index (χ2v) is 5.84. The number of piperidine rings is 1. The van der Waals surface area contributed by atoms with Gasteiger partial charge in [0.2, 0.25) is 0 Å². The van der Waals surface area contributed by atoms with E-state index in [0.29, 0.717) is 0 Å². The quantitative estimate of drug-likeness (QED) is 0.772. The molecule has 1 saturated carbocycles. The molecule has 3 atom stereocenters. The van der Waals surface area contributed by atoms with Crippen LogP contribution < -0.4 is 5.32 Å². The molecular formula is C14H28N2. The highest BCUT2D eigenvalue weighted by Crippen LogP contribution is 2.26. The minimum atomic E-state index is 0.762. The Labute approximate surface area is 101 Å². The molecule has 94 valence electrons. The molecule has 0 bridgehead atoms. The van der Waals surface area contributed by atoms with Crippen molar-refractivity contribution in [3.05, 3.63) is 0 Å². The minimum Gasteiger partial charge on any atom is -0.312 e. The lowest BCUT2D eigenvalue weighted by Crippen LogP contribution is -2.51. The Bertz CT molecular complexity index is 213. The lowest BCUT2D eigenvalue weighted by atomic mass is 9.90. The van der Waals surface area contributed by atoms with Crippen molar-refractivity contribution in [2.24, 2.45) is 5.92 Å². The van der Waals surface area contributed by atoms with Crippen molar-refractivity contribution in [1.29, 1.82) is 0 Å². The SMILES string of the molecule is CCC(CNC1CC1)N1CCCC(C)C1C. The number of nitrogens with zero attached hydrogens (tertiary/aromatic N) is 1. The summed E-state index contributed by atoms with van der Waals surface area (Å²) in [5, 5.41) is 3.70. The molecule has 2 heteroatoms. The summed E-state index contributed by atoms with van der Waals surface area (Å²) >= 11 is 0. The lowest BCUT2D eigenvalue weighted by Gasteiger charge is -2.43. The van der Waals surface area contributed by atoms with E-state index in [1.165, 1.54) is 45.2 Å². The van der Waals surface area contributed by atoms with Crippen LogP contribution in [-0.4, -0.2) is 36.1 Å². The maximum absolute atomic E-state index is 3.70. The van der Waals surface area contributed by atoms with E-state index >= 15 is 0 Å². The molecule has 0 spiro atoms. The third-order valence-electron chi connectivity index (χ3n) is 4.58. The Morgan fingerprint density at radius 1 is 1.25 bits per heavy atom. The first kappa shape index (κ1) is 12.4. The minimum absolute atomic E-state index is 0.762. The van der Waals surface area contributed by atoms with Crippen LogP contribution >= 0.6 is 0 Å². The van der Waals surface area contributed by atoms with Crippen molar-refractivity contribution in [2.45, 2.75) is 71.0 Å². The van der Waals surface area contributed by atoms with E-state index in [0.717, 1.165) is 24.0 Å². The van der Waals surface area contributed by atoms with Crippen molar-refractivity contribution < 1.29 is 0 Å². The zero-order chi connectivity index (χ0) is 11.5. The van der Waals surface area contributed by atoms with E-state index in [1.807, 2.05) is 0 Å². The van der Waals surface area contributed by atoms with Gasteiger partial charge in [-0.1, -0.05) is 13.8 Å². The van der Waals surface area contributed by atoms with Gasteiger partial charge in [-0.2, -0.15) is 0 Å². The first-order chi connectivity index (χ1) is 7.72. The molecule has 3 unspecified atom stereocenters. The Morgan fingerprint density at radius 2 is 2.00 bits per heavy atom. The van der Waals surface area contributed by atoms with Crippen molar-refractivity contribution in [2.75, 3.05) is 13.1 Å². The first-order valence-electron chi connectivity index (χ1n) is 7.21. The summed E-state index contributed by atoms with van der Waals surface area (Å²) < 4.78 is 0. The smallest absolute Gasteiger partial charge is 0.0221 e. The fourth-order valence-electron chi connectivity index (χ4n) is 2.97. The third-order valence-corrected chi connectivity index (χ3v) is 4.58. The van der Waals surface area contributed by atoms with Gasteiger partial charge in [-0.15, -0.1) is 0 Å². The molecule has 2 fully saturated rings. The summed E-state index contributed by atoms with van der Waals surface area (Å²) in [6.45, 7) is 9.70. The fraction of sp³-hybridized carbons (Fsp3) is 1.00. The summed E-state index contributed by atoms with van der Waals surface area (Å²) in [7, 11) is 0. The standard InChI is InChI=1S/C14H28N2/c1-4-14(10-15-13-7-8-13)16-9-5-6-11(2)12(16)3/h11-15H,4-10H2,1-3H3. The van der Waals surface area contributed by atoms with Crippen LogP contribution in [0.15, 0.2) is 0 Å². The molecule has 0 aromatic carbocycles. The van der Waals surface area contributed by atoms with E-state index in [9.17, 15) is 0 Å². The molecule has 1 saturated heterocycles. The van der Waals surface area contributed by atoms with Crippen molar-refractivity contribution in [3.63, 3.8) is 0 Å². The van der Waals surface area contributed by atoms with E-state index in [1.54, 1.807) is 0 Å². The van der Waals surface area contributed by atoms with E-state index < -0.39 is 0 Å². The lowest BCUT2D eigenvalue weighted by molar-refractivity contribution is 0.0655. The van der Waals surface area contributed by atoms with E-state index in [2.05, 4.69) is 31.0 Å². The van der Waals surface area contributed by atoms with Gasteiger partial charge in [-0.05, 0) is 51.5 Å². The summed E-state index contributed by atoms with van der Waals surface area (Å²) in [6, 6.07) is 2.39. The summed E-state index contributed by atoms with van der Waals surface area (Å²) in [6.07, 6.45) is 6.91. The van der Waals surface area contributed by atoms with Gasteiger partial charge in [-0.25, -0.2) is 0 Å². The van der Waals surface area contributed by atoms with Gasteiger partial charge in [0, 0.05) is 24.7 Å². The van der Waals surface area contributed by atoms with Gasteiger partial charge < -0.3 is 5.32 Å². The number of hydrogen-bond donors (Lipinski definition) is 1. The molecule has 1 aliphatic carbocycles. The van der Waals surface area contributed by atoms with E-state index in [4.69, 9.17) is 0 Å². The highest BCUT2D eigenvalue weighted by atomic mass is 15.2. The summed E-state index contributed by atoms with van der Waals surface area (Å²) in [5.74, 6) is 0.878. The zero-order valence-corrected chi connectivity index (χ0v) is 11.2. The van der Waals surface area contributed by atoms with Gasteiger partial charge >= 0.3 is 0 Å². The van der Waals surface area contributed by atoms with Crippen molar-refractivity contribution in [1.82, 2.24) is 10.2 Å². The van der Waals surface area contributed by atoms with Crippen LogP contribution in [0.2, 0.25) is 0 Å². The third kappa shape index (κ3) is 2.98. The molecule has 1 N–H and O–H groups in total. The maximum Gasteiger partial charge on any atom is 0.0221 e. The van der Waals surface area contributed by atoms with Crippen LogP contribution in [0.1, 0.15) is 52.9 Å². The maximum atomic E-state index is 3.70. The Kier molecular flexibility index (Phi) is 4.26.